The largest absolute Gasteiger partial charge is 0.382 e. The minimum Gasteiger partial charge on any atom is -0.382 e. The van der Waals surface area contributed by atoms with E-state index in [4.69, 9.17) is 15.2 Å². The lowest BCUT2D eigenvalue weighted by Crippen LogP contribution is -2.14. The zero-order valence-corrected chi connectivity index (χ0v) is 13.4. The molecule has 0 aromatic carbocycles. The van der Waals surface area contributed by atoms with Crippen LogP contribution >= 0.6 is 0 Å². The predicted octanol–water partition coefficient (Wildman–Crippen LogP) is 4.78. The SMILES string of the molecule is CCOCCCCCCCCCCCCCCN(O)O. The molecule has 4 heteroatoms. The normalized spacial score (nSPS) is 11.4. The lowest BCUT2D eigenvalue weighted by atomic mass is 10.1. The van der Waals surface area contributed by atoms with E-state index in [-0.39, 0.29) is 5.23 Å². The molecule has 0 spiro atoms. The van der Waals surface area contributed by atoms with Crippen molar-refractivity contribution in [3.63, 3.8) is 0 Å². The average Bonchev–Trinajstić information content (AvgIpc) is 2.43. The molecule has 0 bridgehead atoms. The first kappa shape index (κ1) is 19.8. The number of rotatable bonds is 16. The number of hydrogen-bond acceptors (Lipinski definition) is 4. The summed E-state index contributed by atoms with van der Waals surface area (Å²) in [5.74, 6) is 0. The van der Waals surface area contributed by atoms with Gasteiger partial charge in [-0.2, -0.15) is 0 Å². The minimum absolute atomic E-state index is 0.286. The van der Waals surface area contributed by atoms with Gasteiger partial charge in [-0.05, 0) is 19.8 Å². The highest BCUT2D eigenvalue weighted by atomic mass is 16.8. The molecule has 4 nitrogen and oxygen atoms in total. The van der Waals surface area contributed by atoms with Crippen LogP contribution in [0.4, 0.5) is 0 Å². The third-order valence-electron chi connectivity index (χ3n) is 3.60. The summed E-state index contributed by atoms with van der Waals surface area (Å²) in [4.78, 5) is 0. The van der Waals surface area contributed by atoms with Gasteiger partial charge < -0.3 is 4.74 Å². The fourth-order valence-electron chi connectivity index (χ4n) is 2.37. The maximum atomic E-state index is 8.54. The van der Waals surface area contributed by atoms with Crippen molar-refractivity contribution >= 4 is 0 Å². The van der Waals surface area contributed by atoms with Crippen molar-refractivity contribution in [2.75, 3.05) is 19.8 Å². The molecule has 0 rings (SSSR count). The van der Waals surface area contributed by atoms with Crippen molar-refractivity contribution in [2.45, 2.75) is 84.0 Å². The fraction of sp³-hybridized carbons (Fsp3) is 1.00. The van der Waals surface area contributed by atoms with Gasteiger partial charge in [-0.3, -0.25) is 10.4 Å². The van der Waals surface area contributed by atoms with Crippen LogP contribution in [0.25, 0.3) is 0 Å². The first-order valence-electron chi connectivity index (χ1n) is 8.50. The second-order valence-electron chi connectivity index (χ2n) is 5.54. The molecule has 0 aliphatic carbocycles. The van der Waals surface area contributed by atoms with Gasteiger partial charge in [0.05, 0.1) is 6.54 Å². The zero-order valence-electron chi connectivity index (χ0n) is 13.4. The maximum absolute atomic E-state index is 8.54. The lowest BCUT2D eigenvalue weighted by molar-refractivity contribution is -0.306. The summed E-state index contributed by atoms with van der Waals surface area (Å²) in [5, 5.41) is 17.4. The van der Waals surface area contributed by atoms with Crippen LogP contribution in [0, 0.1) is 0 Å². The van der Waals surface area contributed by atoms with E-state index in [0.717, 1.165) is 26.1 Å². The van der Waals surface area contributed by atoms with Gasteiger partial charge >= 0.3 is 0 Å². The van der Waals surface area contributed by atoms with Crippen molar-refractivity contribution < 1.29 is 15.2 Å². The topological polar surface area (TPSA) is 52.9 Å². The Morgan fingerprint density at radius 2 is 1.05 bits per heavy atom. The first-order valence-corrected chi connectivity index (χ1v) is 8.50. The highest BCUT2D eigenvalue weighted by Gasteiger charge is 1.95. The zero-order chi connectivity index (χ0) is 14.9. The van der Waals surface area contributed by atoms with Gasteiger partial charge in [0.1, 0.15) is 0 Å². The van der Waals surface area contributed by atoms with Crippen LogP contribution in [0.2, 0.25) is 0 Å². The van der Waals surface area contributed by atoms with Crippen LogP contribution in [0.5, 0.6) is 0 Å². The first-order chi connectivity index (χ1) is 9.77. The van der Waals surface area contributed by atoms with Gasteiger partial charge in [0.15, 0.2) is 0 Å². The molecule has 0 aliphatic heterocycles. The summed E-state index contributed by atoms with van der Waals surface area (Å²) in [5.41, 5.74) is 0. The number of hydroxylamine groups is 2. The van der Waals surface area contributed by atoms with Crippen molar-refractivity contribution in [1.82, 2.24) is 5.23 Å². The van der Waals surface area contributed by atoms with Crippen LogP contribution in [-0.2, 0) is 4.74 Å². The quantitative estimate of drug-likeness (QED) is 0.317. The second kappa shape index (κ2) is 16.9. The summed E-state index contributed by atoms with van der Waals surface area (Å²) >= 11 is 0. The van der Waals surface area contributed by atoms with E-state index in [0.29, 0.717) is 6.54 Å². The lowest BCUT2D eigenvalue weighted by Gasteiger charge is -2.05. The molecular formula is C16H35NO3. The third kappa shape index (κ3) is 17.8. The van der Waals surface area contributed by atoms with Crippen LogP contribution in [0.1, 0.15) is 84.0 Å². The van der Waals surface area contributed by atoms with Crippen molar-refractivity contribution in [3.05, 3.63) is 0 Å². The Morgan fingerprint density at radius 1 is 0.650 bits per heavy atom. The Balaban J connectivity index is 2.92. The molecular weight excluding hydrogens is 254 g/mol. The van der Waals surface area contributed by atoms with Gasteiger partial charge in [-0.15, -0.1) is 0 Å². The minimum atomic E-state index is 0.286. The van der Waals surface area contributed by atoms with Crippen molar-refractivity contribution in [1.29, 1.82) is 0 Å². The molecule has 2 N–H and O–H groups in total. The molecule has 20 heavy (non-hydrogen) atoms. The number of unbranched alkanes of at least 4 members (excludes halogenated alkanes) is 11. The van der Waals surface area contributed by atoms with Crippen molar-refractivity contribution in [3.8, 4) is 0 Å². The van der Waals surface area contributed by atoms with Gasteiger partial charge in [0.25, 0.3) is 0 Å². The molecule has 0 amide bonds. The van der Waals surface area contributed by atoms with Crippen LogP contribution < -0.4 is 0 Å². The van der Waals surface area contributed by atoms with E-state index in [2.05, 4.69) is 0 Å². The Kier molecular flexibility index (Phi) is 16.8. The van der Waals surface area contributed by atoms with Gasteiger partial charge in [-0.25, -0.2) is 0 Å². The fourth-order valence-corrected chi connectivity index (χ4v) is 2.37. The van der Waals surface area contributed by atoms with Gasteiger partial charge in [0, 0.05) is 13.2 Å². The third-order valence-corrected chi connectivity index (χ3v) is 3.60. The van der Waals surface area contributed by atoms with Crippen LogP contribution in [0.3, 0.4) is 0 Å². The van der Waals surface area contributed by atoms with E-state index in [1.807, 2.05) is 6.92 Å². The second-order valence-corrected chi connectivity index (χ2v) is 5.54. The average molecular weight is 289 g/mol. The van der Waals surface area contributed by atoms with E-state index in [1.165, 1.54) is 64.2 Å². The smallest absolute Gasteiger partial charge is 0.0512 e. The number of nitrogens with zero attached hydrogens (tertiary/aromatic N) is 1. The summed E-state index contributed by atoms with van der Waals surface area (Å²) in [6.07, 6.45) is 15.1. The molecule has 0 aromatic heterocycles. The van der Waals surface area contributed by atoms with Gasteiger partial charge in [0.2, 0.25) is 0 Å². The van der Waals surface area contributed by atoms with Crippen LogP contribution in [0.15, 0.2) is 0 Å². The summed E-state index contributed by atoms with van der Waals surface area (Å²) in [7, 11) is 0. The molecule has 0 unspecified atom stereocenters. The highest BCUT2D eigenvalue weighted by Crippen LogP contribution is 2.12. The molecule has 0 radical (unpaired) electrons. The van der Waals surface area contributed by atoms with E-state index < -0.39 is 0 Å². The number of hydrogen-bond donors (Lipinski definition) is 2. The predicted molar refractivity (Wildman–Crippen MR) is 82.2 cm³/mol. The summed E-state index contributed by atoms with van der Waals surface area (Å²) < 4.78 is 5.32. The molecule has 0 aliphatic rings. The molecule has 0 saturated heterocycles. The Labute approximate surface area is 125 Å². The molecule has 0 fully saturated rings. The van der Waals surface area contributed by atoms with Gasteiger partial charge in [-0.1, -0.05) is 69.4 Å². The Morgan fingerprint density at radius 3 is 1.45 bits per heavy atom. The summed E-state index contributed by atoms with van der Waals surface area (Å²) in [6, 6.07) is 0. The summed E-state index contributed by atoms with van der Waals surface area (Å²) in [6.45, 7) is 4.19. The molecule has 0 saturated carbocycles. The Hall–Kier alpha value is -0.160. The molecule has 122 valence electrons. The molecule has 0 atom stereocenters. The standard InChI is InChI=1S/C16H35NO3/c1-2-20-16-14-12-10-8-6-4-3-5-7-9-11-13-15-17(18)19/h18-19H,2-16H2,1H3. The number of ether oxygens (including phenoxy) is 1. The van der Waals surface area contributed by atoms with Crippen molar-refractivity contribution in [2.24, 2.45) is 0 Å². The van der Waals surface area contributed by atoms with E-state index >= 15 is 0 Å². The molecule has 0 aromatic rings. The Bertz CT molecular complexity index is 177. The van der Waals surface area contributed by atoms with E-state index in [9.17, 15) is 0 Å². The highest BCUT2D eigenvalue weighted by molar-refractivity contribution is 4.49. The van der Waals surface area contributed by atoms with Crippen LogP contribution in [-0.4, -0.2) is 35.4 Å². The monoisotopic (exact) mass is 289 g/mol. The molecule has 0 heterocycles. The maximum Gasteiger partial charge on any atom is 0.0512 e. The van der Waals surface area contributed by atoms with E-state index in [1.54, 1.807) is 0 Å².